The summed E-state index contributed by atoms with van der Waals surface area (Å²) in [5.74, 6) is 1.23. The molecule has 0 fully saturated rings. The molecule has 2 N–H and O–H groups in total. The Morgan fingerprint density at radius 1 is 0.301 bits per heavy atom. The maximum atomic E-state index is 14.6. The molecule has 10 aromatic carbocycles. The Kier molecular flexibility index (Phi) is 15.3. The van der Waals surface area contributed by atoms with Crippen molar-refractivity contribution in [3.63, 3.8) is 0 Å². The van der Waals surface area contributed by atoms with Crippen LogP contribution in [0, 0.1) is 0 Å². The van der Waals surface area contributed by atoms with Crippen LogP contribution in [0.25, 0.3) is 53.9 Å². The molecule has 434 valence electrons. The summed E-state index contributed by atoms with van der Waals surface area (Å²) >= 11 is 0. The summed E-state index contributed by atoms with van der Waals surface area (Å²) in [5, 5.41) is 9.37. The van der Waals surface area contributed by atoms with Crippen LogP contribution in [0.3, 0.4) is 0 Å². The van der Waals surface area contributed by atoms with Crippen molar-refractivity contribution in [1.82, 2.24) is 0 Å². The van der Waals surface area contributed by atoms with Crippen LogP contribution in [0.4, 0.5) is 0 Å². The van der Waals surface area contributed by atoms with Crippen molar-refractivity contribution >= 4 is 70.0 Å². The molecule has 10 aromatic rings. The fourth-order valence-corrected chi connectivity index (χ4v) is 17.1. The summed E-state index contributed by atoms with van der Waals surface area (Å²) in [6.45, 7) is 40.5. The fraction of sp³-hybridized carbons (Fsp3) is 0.333. The van der Waals surface area contributed by atoms with E-state index in [0.717, 1.165) is 76.1 Å². The maximum absolute atomic E-state index is 14.6. The molecule has 0 aliphatic heterocycles. The summed E-state index contributed by atoms with van der Waals surface area (Å²) in [6.07, 6.45) is 0. The SMILES string of the molecule is CC(C)(C)c1cc(C(C)(C)C)c2cc(C(c3cc4c(C(C)(C)C)cc(C(C)(C)C)cc4cc3C(C)(C)C)[PH](O)(O)O[PH](Oc3cccc4ccccc34)(Oc3cccc4ccccc34)Oc3cccc4ccccc34)c(C(C)(C)C)cc2c1. The van der Waals surface area contributed by atoms with Gasteiger partial charge in [0.15, 0.2) is 0 Å². The first-order valence-electron chi connectivity index (χ1n) is 29.5. The van der Waals surface area contributed by atoms with Crippen molar-refractivity contribution in [2.45, 2.75) is 163 Å². The number of hydrogen-bond donors (Lipinski definition) is 2. The molecule has 0 radical (unpaired) electrons. The standard InChI is InChI=1S/C75H88O6P2/c1-70(2,3)53-40-51-42-62(72(7,8)9)60(46-58(51)64(44-53)74(13,14)15)69(61-47-59-52(43-63(61)73(10,11)12)41-54(71(4,5)6)45-65(59)75(16,17)18)82(76,77)81-83(78-66-37-25-31-48-28-19-22-34-55(48)66,79-67-38-26-32-49-29-20-23-35-56(49)67)80-68-39-27-33-50-30-21-24-36-57(50)68/h19-47,69,76-77,82-83H,1-18H3. The average molecular weight is 1150 g/mol. The third-order valence-corrected chi connectivity index (χ3v) is 21.4. The van der Waals surface area contributed by atoms with E-state index in [1.807, 2.05) is 127 Å². The van der Waals surface area contributed by atoms with Gasteiger partial charge in [-0.3, -0.25) is 0 Å². The first-order chi connectivity index (χ1) is 38.6. The van der Waals surface area contributed by atoms with Gasteiger partial charge in [0.25, 0.3) is 0 Å². The van der Waals surface area contributed by atoms with E-state index in [0.29, 0.717) is 17.2 Å². The van der Waals surface area contributed by atoms with Crippen molar-refractivity contribution < 1.29 is 27.7 Å². The normalized spacial score (nSPS) is 13.8. The van der Waals surface area contributed by atoms with Gasteiger partial charge in [-0.1, -0.05) is 0 Å². The van der Waals surface area contributed by atoms with Crippen molar-refractivity contribution in [3.8, 4) is 17.2 Å². The summed E-state index contributed by atoms with van der Waals surface area (Å²) in [7, 11) is -10.7. The number of rotatable bonds is 11. The molecule has 83 heavy (non-hydrogen) atoms. The van der Waals surface area contributed by atoms with E-state index in [4.69, 9.17) is 17.9 Å². The molecule has 0 aliphatic carbocycles. The summed E-state index contributed by atoms with van der Waals surface area (Å²) in [4.78, 5) is 29.3. The Morgan fingerprint density at radius 3 is 0.904 bits per heavy atom. The van der Waals surface area contributed by atoms with Crippen molar-refractivity contribution in [1.29, 1.82) is 0 Å². The van der Waals surface area contributed by atoms with Gasteiger partial charge in [0.1, 0.15) is 0 Å². The van der Waals surface area contributed by atoms with Crippen LogP contribution in [0.1, 0.15) is 175 Å². The molecular weight excluding hydrogens is 1060 g/mol. The molecule has 0 aromatic heterocycles. The number of benzene rings is 10. The third-order valence-electron chi connectivity index (χ3n) is 16.4. The van der Waals surface area contributed by atoms with E-state index in [-0.39, 0.29) is 21.7 Å². The van der Waals surface area contributed by atoms with Gasteiger partial charge in [0.05, 0.1) is 0 Å². The molecule has 0 saturated heterocycles. The molecule has 10 rings (SSSR count). The van der Waals surface area contributed by atoms with E-state index in [1.165, 1.54) is 22.3 Å². The van der Waals surface area contributed by atoms with Crippen molar-refractivity contribution in [2.24, 2.45) is 0 Å². The number of hydrogen-bond acceptors (Lipinski definition) is 6. The second kappa shape index (κ2) is 21.3. The van der Waals surface area contributed by atoms with Gasteiger partial charge in [0.2, 0.25) is 0 Å². The van der Waals surface area contributed by atoms with Gasteiger partial charge >= 0.3 is 498 Å². The van der Waals surface area contributed by atoms with Crippen LogP contribution in [0.2, 0.25) is 0 Å². The Balaban J connectivity index is 1.37. The molecule has 0 heterocycles. The molecule has 0 bridgehead atoms. The van der Waals surface area contributed by atoms with E-state index in [9.17, 15) is 9.79 Å². The second-order valence-electron chi connectivity index (χ2n) is 29.3. The fourth-order valence-electron chi connectivity index (χ4n) is 11.9. The first kappa shape index (κ1) is 59.8. The molecule has 0 amide bonds. The van der Waals surface area contributed by atoms with E-state index >= 15 is 0 Å². The molecule has 0 spiro atoms. The van der Waals surface area contributed by atoms with Gasteiger partial charge in [-0.25, -0.2) is 0 Å². The topological polar surface area (TPSA) is 77.4 Å². The molecule has 0 atom stereocenters. The predicted octanol–water partition coefficient (Wildman–Crippen LogP) is 21.5. The Bertz CT molecular complexity index is 3750. The van der Waals surface area contributed by atoms with Crippen LogP contribution in [-0.2, 0) is 36.8 Å². The minimum absolute atomic E-state index is 0.139. The van der Waals surface area contributed by atoms with Gasteiger partial charge in [-0.2, -0.15) is 0 Å². The Morgan fingerprint density at radius 2 is 0.602 bits per heavy atom. The monoisotopic (exact) mass is 1150 g/mol. The number of fused-ring (bicyclic) bond motifs is 5. The summed E-state index contributed by atoms with van der Waals surface area (Å²) < 4.78 is 30.2. The van der Waals surface area contributed by atoms with Gasteiger partial charge in [-0.05, 0) is 0 Å². The average Bonchev–Trinajstić information content (AvgIpc) is 3.46. The Hall–Kier alpha value is -6.36. The zero-order chi connectivity index (χ0) is 60.0. The van der Waals surface area contributed by atoms with Crippen LogP contribution in [0.15, 0.2) is 176 Å². The third kappa shape index (κ3) is 12.2. The molecule has 0 aliphatic rings. The van der Waals surface area contributed by atoms with E-state index in [1.54, 1.807) is 0 Å². The molecule has 8 heteroatoms. The molecular formula is C75H88O6P2. The van der Waals surface area contributed by atoms with Gasteiger partial charge in [-0.15, -0.1) is 0 Å². The summed E-state index contributed by atoms with van der Waals surface area (Å²) in [5.41, 5.74) is 5.17. The first-order valence-corrected chi connectivity index (χ1v) is 33.0. The molecule has 0 saturated carbocycles. The molecule has 0 unspecified atom stereocenters. The predicted molar refractivity (Wildman–Crippen MR) is 358 cm³/mol. The Labute approximate surface area is 495 Å². The van der Waals surface area contributed by atoms with Crippen LogP contribution >= 0.6 is 16.1 Å². The van der Waals surface area contributed by atoms with Crippen molar-refractivity contribution in [2.75, 3.05) is 0 Å². The van der Waals surface area contributed by atoms with Crippen molar-refractivity contribution in [3.05, 3.63) is 220 Å². The zero-order valence-corrected chi connectivity index (χ0v) is 54.3. The van der Waals surface area contributed by atoms with E-state index < -0.39 is 32.6 Å². The zero-order valence-electron chi connectivity index (χ0n) is 52.3. The minimum atomic E-state index is -5.53. The van der Waals surface area contributed by atoms with Crippen LogP contribution in [-0.4, -0.2) is 9.79 Å². The quantitative estimate of drug-likeness (QED) is 0.126. The van der Waals surface area contributed by atoms with Gasteiger partial charge in [0, 0.05) is 0 Å². The molecule has 6 nitrogen and oxygen atoms in total. The summed E-state index contributed by atoms with van der Waals surface area (Å²) in [6, 6.07) is 60.1. The van der Waals surface area contributed by atoms with Gasteiger partial charge < -0.3 is 0 Å². The second-order valence-corrected chi connectivity index (χ2v) is 33.6. The van der Waals surface area contributed by atoms with Crippen LogP contribution in [0.5, 0.6) is 17.2 Å². The van der Waals surface area contributed by atoms with E-state index in [2.05, 4.69) is 173 Å². The van der Waals surface area contributed by atoms with Crippen LogP contribution < -0.4 is 13.6 Å².